The van der Waals surface area contributed by atoms with Crippen molar-refractivity contribution in [1.82, 2.24) is 5.32 Å². The average molecular weight is 312 g/mol. The van der Waals surface area contributed by atoms with Crippen molar-refractivity contribution < 1.29 is 4.39 Å². The van der Waals surface area contributed by atoms with Crippen molar-refractivity contribution in [2.45, 2.75) is 51.9 Å². The van der Waals surface area contributed by atoms with Crippen LogP contribution in [0.1, 0.15) is 51.0 Å². The van der Waals surface area contributed by atoms with Gasteiger partial charge in [-0.1, -0.05) is 43.9 Å². The van der Waals surface area contributed by atoms with Gasteiger partial charge in [-0.15, -0.1) is 0 Å². The first-order chi connectivity index (χ1) is 10.2. The summed E-state index contributed by atoms with van der Waals surface area (Å²) in [6, 6.07) is 5.19. The molecule has 2 atom stereocenters. The van der Waals surface area contributed by atoms with Crippen LogP contribution in [0.15, 0.2) is 18.2 Å². The third kappa shape index (κ3) is 5.27. The molecule has 1 nitrogen and oxygen atoms in total. The summed E-state index contributed by atoms with van der Waals surface area (Å²) in [6.07, 6.45) is 8.83. The van der Waals surface area contributed by atoms with Crippen molar-refractivity contribution >= 4 is 11.6 Å². The topological polar surface area (TPSA) is 12.0 Å². The quantitative estimate of drug-likeness (QED) is 0.561. The van der Waals surface area contributed by atoms with Crippen LogP contribution in [-0.4, -0.2) is 13.1 Å². The molecule has 0 amide bonds. The molecule has 2 unspecified atom stereocenters. The van der Waals surface area contributed by atoms with E-state index in [2.05, 4.69) is 12.2 Å². The van der Waals surface area contributed by atoms with Crippen molar-refractivity contribution in [3.63, 3.8) is 0 Å². The van der Waals surface area contributed by atoms with Crippen LogP contribution in [0.3, 0.4) is 0 Å². The second-order valence-corrected chi connectivity index (χ2v) is 6.72. The molecular formula is C18H27ClFN. The van der Waals surface area contributed by atoms with E-state index >= 15 is 0 Å². The van der Waals surface area contributed by atoms with Gasteiger partial charge in [0.1, 0.15) is 5.82 Å². The molecule has 0 saturated heterocycles. The van der Waals surface area contributed by atoms with Crippen LogP contribution in [0.4, 0.5) is 4.39 Å². The molecule has 0 heterocycles. The fraction of sp³-hybridized carbons (Fsp3) is 0.667. The van der Waals surface area contributed by atoms with Crippen molar-refractivity contribution in [3.8, 4) is 0 Å². The molecule has 1 aromatic rings. The minimum Gasteiger partial charge on any atom is -0.316 e. The van der Waals surface area contributed by atoms with Crippen LogP contribution in [0.2, 0.25) is 5.02 Å². The van der Waals surface area contributed by atoms with Crippen LogP contribution in [0, 0.1) is 17.7 Å². The van der Waals surface area contributed by atoms with Gasteiger partial charge in [-0.25, -0.2) is 4.39 Å². The number of hydrogen-bond donors (Lipinski definition) is 1. The Labute approximate surface area is 133 Å². The highest BCUT2D eigenvalue weighted by Crippen LogP contribution is 2.32. The Bertz CT molecular complexity index is 435. The van der Waals surface area contributed by atoms with E-state index in [4.69, 9.17) is 11.6 Å². The summed E-state index contributed by atoms with van der Waals surface area (Å²) in [5.74, 6) is 1.11. The van der Waals surface area contributed by atoms with Crippen LogP contribution in [-0.2, 0) is 6.42 Å². The SMILES string of the molecule is CCCNCC1CCCCCC1Cc1ccc(F)c(Cl)c1. The second-order valence-electron chi connectivity index (χ2n) is 6.31. The Balaban J connectivity index is 1.99. The van der Waals surface area contributed by atoms with E-state index in [0.717, 1.165) is 25.4 Å². The van der Waals surface area contributed by atoms with E-state index in [1.807, 2.05) is 6.07 Å². The fourth-order valence-electron chi connectivity index (χ4n) is 3.43. The first-order valence-corrected chi connectivity index (χ1v) is 8.73. The molecular weight excluding hydrogens is 285 g/mol. The summed E-state index contributed by atoms with van der Waals surface area (Å²) in [7, 11) is 0. The molecule has 0 radical (unpaired) electrons. The minimum absolute atomic E-state index is 0.252. The molecule has 1 aliphatic carbocycles. The molecule has 1 aliphatic rings. The van der Waals surface area contributed by atoms with E-state index < -0.39 is 0 Å². The Kier molecular flexibility index (Phi) is 6.98. The summed E-state index contributed by atoms with van der Waals surface area (Å²) in [4.78, 5) is 0. The highest BCUT2D eigenvalue weighted by Gasteiger charge is 2.23. The molecule has 0 bridgehead atoms. The van der Waals surface area contributed by atoms with E-state index in [-0.39, 0.29) is 10.8 Å². The normalized spacial score (nSPS) is 23.0. The largest absolute Gasteiger partial charge is 0.316 e. The third-order valence-electron chi connectivity index (χ3n) is 4.63. The van der Waals surface area contributed by atoms with Crippen molar-refractivity contribution in [2.24, 2.45) is 11.8 Å². The Morgan fingerprint density at radius 1 is 1.19 bits per heavy atom. The van der Waals surface area contributed by atoms with Crippen LogP contribution in [0.5, 0.6) is 0 Å². The van der Waals surface area contributed by atoms with Gasteiger partial charge in [0.15, 0.2) is 0 Å². The predicted molar refractivity (Wildman–Crippen MR) is 88.3 cm³/mol. The lowest BCUT2D eigenvalue weighted by molar-refractivity contribution is 0.298. The minimum atomic E-state index is -0.317. The van der Waals surface area contributed by atoms with E-state index in [9.17, 15) is 4.39 Å². The van der Waals surface area contributed by atoms with Gasteiger partial charge in [0.2, 0.25) is 0 Å². The highest BCUT2D eigenvalue weighted by atomic mass is 35.5. The zero-order valence-corrected chi connectivity index (χ0v) is 13.8. The molecule has 118 valence electrons. The van der Waals surface area contributed by atoms with E-state index in [1.165, 1.54) is 50.2 Å². The Hall–Kier alpha value is -0.600. The maximum atomic E-state index is 13.3. The monoisotopic (exact) mass is 311 g/mol. The lowest BCUT2D eigenvalue weighted by Crippen LogP contribution is -2.29. The molecule has 0 spiro atoms. The number of nitrogens with one attached hydrogen (secondary N) is 1. The Morgan fingerprint density at radius 3 is 2.67 bits per heavy atom. The smallest absolute Gasteiger partial charge is 0.141 e. The molecule has 0 aliphatic heterocycles. The lowest BCUT2D eigenvalue weighted by Gasteiger charge is -2.26. The van der Waals surface area contributed by atoms with Crippen LogP contribution in [0.25, 0.3) is 0 Å². The van der Waals surface area contributed by atoms with Gasteiger partial charge in [-0.2, -0.15) is 0 Å². The molecule has 1 aromatic carbocycles. The number of benzene rings is 1. The molecule has 21 heavy (non-hydrogen) atoms. The fourth-order valence-corrected chi connectivity index (χ4v) is 3.64. The maximum absolute atomic E-state index is 13.3. The van der Waals surface area contributed by atoms with Gasteiger partial charge in [-0.05, 0) is 68.3 Å². The molecule has 3 heteroatoms. The standard InChI is InChI=1S/C18H27ClFN/c1-2-10-21-13-16-7-5-3-4-6-15(16)11-14-8-9-18(20)17(19)12-14/h8-9,12,15-16,21H,2-7,10-11,13H2,1H3. The van der Waals surface area contributed by atoms with E-state index in [1.54, 1.807) is 6.07 Å². The maximum Gasteiger partial charge on any atom is 0.141 e. The summed E-state index contributed by atoms with van der Waals surface area (Å²) in [5.41, 5.74) is 1.17. The summed E-state index contributed by atoms with van der Waals surface area (Å²) >= 11 is 5.92. The Morgan fingerprint density at radius 2 is 1.95 bits per heavy atom. The first kappa shape index (κ1) is 16.8. The van der Waals surface area contributed by atoms with Crippen molar-refractivity contribution in [2.75, 3.05) is 13.1 Å². The number of rotatable bonds is 6. The summed E-state index contributed by atoms with van der Waals surface area (Å²) in [6.45, 7) is 4.43. The summed E-state index contributed by atoms with van der Waals surface area (Å²) in [5, 5.41) is 3.83. The van der Waals surface area contributed by atoms with Gasteiger partial charge in [0, 0.05) is 0 Å². The van der Waals surface area contributed by atoms with Gasteiger partial charge in [0.25, 0.3) is 0 Å². The van der Waals surface area contributed by atoms with Gasteiger partial charge in [0.05, 0.1) is 5.02 Å². The zero-order chi connectivity index (χ0) is 15.1. The van der Waals surface area contributed by atoms with Gasteiger partial charge in [-0.3, -0.25) is 0 Å². The zero-order valence-electron chi connectivity index (χ0n) is 13.0. The molecule has 2 rings (SSSR count). The van der Waals surface area contributed by atoms with E-state index in [0.29, 0.717) is 5.92 Å². The van der Waals surface area contributed by atoms with Gasteiger partial charge >= 0.3 is 0 Å². The predicted octanol–water partition coefficient (Wildman–Crippen LogP) is 5.22. The number of hydrogen-bond acceptors (Lipinski definition) is 1. The van der Waals surface area contributed by atoms with Crippen molar-refractivity contribution in [3.05, 3.63) is 34.6 Å². The molecule has 1 saturated carbocycles. The highest BCUT2D eigenvalue weighted by molar-refractivity contribution is 6.30. The third-order valence-corrected chi connectivity index (χ3v) is 4.92. The van der Waals surface area contributed by atoms with Crippen molar-refractivity contribution in [1.29, 1.82) is 0 Å². The second kappa shape index (κ2) is 8.75. The van der Waals surface area contributed by atoms with Gasteiger partial charge < -0.3 is 5.32 Å². The average Bonchev–Trinajstić information content (AvgIpc) is 2.69. The molecule has 0 aromatic heterocycles. The summed E-state index contributed by atoms with van der Waals surface area (Å²) < 4.78 is 13.3. The first-order valence-electron chi connectivity index (χ1n) is 8.35. The molecule has 1 fully saturated rings. The number of halogens is 2. The van der Waals surface area contributed by atoms with Crippen LogP contribution < -0.4 is 5.32 Å². The van der Waals surface area contributed by atoms with Crippen LogP contribution >= 0.6 is 11.6 Å². The molecule has 1 N–H and O–H groups in total. The lowest BCUT2D eigenvalue weighted by atomic mass is 9.83.